The minimum absolute atomic E-state index is 0.0315. The number of nitro groups is 1. The van der Waals surface area contributed by atoms with Crippen LogP contribution in [0, 0.1) is 10.1 Å². The van der Waals surface area contributed by atoms with E-state index in [1.807, 2.05) is 24.3 Å². The lowest BCUT2D eigenvalue weighted by atomic mass is 9.87. The molecule has 1 aromatic rings. The topological polar surface area (TPSA) is 43.1 Å². The average molecular weight is 284 g/mol. The van der Waals surface area contributed by atoms with Crippen molar-refractivity contribution in [2.45, 2.75) is 26.2 Å². The lowest BCUT2D eigenvalue weighted by molar-refractivity contribution is -0.407. The van der Waals surface area contributed by atoms with Crippen LogP contribution in [0.1, 0.15) is 31.9 Å². The maximum absolute atomic E-state index is 10.4. The molecule has 16 heavy (non-hydrogen) atoms. The summed E-state index contributed by atoms with van der Waals surface area (Å²) in [5.41, 5.74) is 2.13. The van der Waals surface area contributed by atoms with Gasteiger partial charge in [0.05, 0.1) is 4.92 Å². The molecule has 0 fully saturated rings. The van der Waals surface area contributed by atoms with Gasteiger partial charge in [-0.15, -0.1) is 0 Å². The van der Waals surface area contributed by atoms with E-state index >= 15 is 0 Å². The molecule has 0 aromatic heterocycles. The Balaban J connectivity index is 2.97. The van der Waals surface area contributed by atoms with Crippen LogP contribution >= 0.6 is 15.9 Å². The Morgan fingerprint density at radius 3 is 2.19 bits per heavy atom. The molecule has 0 atom stereocenters. The third-order valence-corrected chi connectivity index (χ3v) is 2.76. The van der Waals surface area contributed by atoms with Gasteiger partial charge in [-0.3, -0.25) is 10.1 Å². The largest absolute Gasteiger partial charge is 0.311 e. The number of halogens is 1. The molecule has 0 aliphatic carbocycles. The maximum Gasteiger partial charge on any atom is 0.311 e. The number of benzene rings is 1. The molecule has 0 N–H and O–H groups in total. The van der Waals surface area contributed by atoms with Gasteiger partial charge in [0.25, 0.3) is 0 Å². The molecule has 0 radical (unpaired) electrons. The summed E-state index contributed by atoms with van der Waals surface area (Å²) in [6, 6.07) is 7.74. The van der Waals surface area contributed by atoms with Crippen LogP contribution in [0.4, 0.5) is 0 Å². The minimum Gasteiger partial charge on any atom is -0.258 e. The molecule has 0 bridgehead atoms. The van der Waals surface area contributed by atoms with Gasteiger partial charge < -0.3 is 0 Å². The zero-order valence-electron chi connectivity index (χ0n) is 9.53. The van der Waals surface area contributed by atoms with Gasteiger partial charge in [-0.25, -0.2) is 0 Å². The fourth-order valence-corrected chi connectivity index (χ4v) is 1.53. The highest BCUT2D eigenvalue weighted by Crippen LogP contribution is 2.23. The number of nitrogens with zero attached hydrogens (tertiary/aromatic N) is 1. The summed E-state index contributed by atoms with van der Waals surface area (Å²) >= 11 is 2.90. The Bertz CT molecular complexity index is 416. The van der Waals surface area contributed by atoms with Crippen molar-refractivity contribution in [2.24, 2.45) is 0 Å². The average Bonchev–Trinajstić information content (AvgIpc) is 2.17. The minimum atomic E-state index is -0.461. The van der Waals surface area contributed by atoms with Crippen LogP contribution in [0.2, 0.25) is 0 Å². The third kappa shape index (κ3) is 3.45. The van der Waals surface area contributed by atoms with Gasteiger partial charge in [0.15, 0.2) is 0 Å². The van der Waals surface area contributed by atoms with Crippen molar-refractivity contribution in [3.05, 3.63) is 50.1 Å². The highest BCUT2D eigenvalue weighted by molar-refractivity contribution is 9.11. The number of hydrogen-bond acceptors (Lipinski definition) is 2. The molecule has 0 saturated carbocycles. The van der Waals surface area contributed by atoms with Crippen molar-refractivity contribution in [3.63, 3.8) is 0 Å². The summed E-state index contributed by atoms with van der Waals surface area (Å²) in [6.45, 7) is 6.39. The first-order chi connectivity index (χ1) is 7.30. The van der Waals surface area contributed by atoms with Gasteiger partial charge in [0.1, 0.15) is 0 Å². The zero-order chi connectivity index (χ0) is 12.3. The van der Waals surface area contributed by atoms with E-state index in [-0.39, 0.29) is 10.0 Å². The van der Waals surface area contributed by atoms with Gasteiger partial charge in [0.2, 0.25) is 0 Å². The van der Waals surface area contributed by atoms with Gasteiger partial charge in [-0.05, 0) is 16.5 Å². The molecule has 1 rings (SSSR count). The first-order valence-electron chi connectivity index (χ1n) is 4.93. The van der Waals surface area contributed by atoms with E-state index in [4.69, 9.17) is 0 Å². The van der Waals surface area contributed by atoms with Crippen LogP contribution in [0.3, 0.4) is 0 Å². The number of hydrogen-bond donors (Lipinski definition) is 0. The molecule has 0 saturated heterocycles. The summed E-state index contributed by atoms with van der Waals surface area (Å²) in [6.07, 6.45) is 1.49. The van der Waals surface area contributed by atoms with Crippen LogP contribution in [-0.4, -0.2) is 4.92 Å². The maximum atomic E-state index is 10.4. The third-order valence-electron chi connectivity index (χ3n) is 2.24. The van der Waals surface area contributed by atoms with E-state index in [0.29, 0.717) is 0 Å². The summed E-state index contributed by atoms with van der Waals surface area (Å²) in [5, 5.41) is 10.4. The fraction of sp³-hybridized carbons (Fsp3) is 0.333. The van der Waals surface area contributed by atoms with Crippen molar-refractivity contribution in [1.29, 1.82) is 0 Å². The van der Waals surface area contributed by atoms with E-state index < -0.39 is 4.92 Å². The molecule has 4 heteroatoms. The zero-order valence-corrected chi connectivity index (χ0v) is 11.1. The van der Waals surface area contributed by atoms with E-state index in [2.05, 4.69) is 36.7 Å². The van der Waals surface area contributed by atoms with Gasteiger partial charge in [-0.1, -0.05) is 45.0 Å². The van der Waals surface area contributed by atoms with Gasteiger partial charge in [0, 0.05) is 22.0 Å². The smallest absolute Gasteiger partial charge is 0.258 e. The second-order valence-corrected chi connectivity index (χ2v) is 5.41. The highest BCUT2D eigenvalue weighted by atomic mass is 79.9. The molecule has 3 nitrogen and oxygen atoms in total. The Morgan fingerprint density at radius 1 is 1.31 bits per heavy atom. The van der Waals surface area contributed by atoms with Crippen LogP contribution in [0.5, 0.6) is 0 Å². The monoisotopic (exact) mass is 283 g/mol. The molecule has 0 heterocycles. The lowest BCUT2D eigenvalue weighted by Crippen LogP contribution is -2.10. The SMILES string of the molecule is CC(C)(C)c1ccc(/C=C(\Br)[N+](=O)[O-])cc1. The molecule has 0 spiro atoms. The standard InChI is InChI=1S/C12H14BrNO2/c1-12(2,3)10-6-4-9(5-7-10)8-11(13)14(15)16/h4-8H,1-3H3/b11-8+. The van der Waals surface area contributed by atoms with Crippen molar-refractivity contribution >= 4 is 22.0 Å². The van der Waals surface area contributed by atoms with Gasteiger partial charge in [-0.2, -0.15) is 0 Å². The highest BCUT2D eigenvalue weighted by Gasteiger charge is 2.13. The second kappa shape index (κ2) is 4.78. The van der Waals surface area contributed by atoms with E-state index in [1.165, 1.54) is 11.6 Å². The Labute approximate surface area is 103 Å². The molecule has 86 valence electrons. The summed E-state index contributed by atoms with van der Waals surface area (Å²) in [7, 11) is 0. The predicted molar refractivity (Wildman–Crippen MR) is 69.0 cm³/mol. The van der Waals surface area contributed by atoms with Crippen molar-refractivity contribution < 1.29 is 4.92 Å². The Kier molecular flexibility index (Phi) is 3.86. The van der Waals surface area contributed by atoms with Crippen LogP contribution < -0.4 is 0 Å². The van der Waals surface area contributed by atoms with Gasteiger partial charge >= 0.3 is 4.61 Å². The molecular formula is C12H14BrNO2. The fourth-order valence-electron chi connectivity index (χ4n) is 1.27. The van der Waals surface area contributed by atoms with Crippen LogP contribution in [-0.2, 0) is 5.41 Å². The van der Waals surface area contributed by atoms with Crippen LogP contribution in [0.25, 0.3) is 6.08 Å². The second-order valence-electron chi connectivity index (χ2n) is 4.60. The molecule has 0 aliphatic rings. The molecule has 1 aromatic carbocycles. The first-order valence-corrected chi connectivity index (χ1v) is 5.72. The molecule has 0 aliphatic heterocycles. The van der Waals surface area contributed by atoms with Crippen molar-refractivity contribution in [1.82, 2.24) is 0 Å². The van der Waals surface area contributed by atoms with Crippen molar-refractivity contribution in [2.75, 3.05) is 0 Å². The summed E-state index contributed by atoms with van der Waals surface area (Å²) < 4.78 is -0.0315. The van der Waals surface area contributed by atoms with Crippen LogP contribution in [0.15, 0.2) is 28.9 Å². The number of rotatable bonds is 2. The molecule has 0 amide bonds. The summed E-state index contributed by atoms with van der Waals surface area (Å²) in [4.78, 5) is 9.96. The Hall–Kier alpha value is -1.16. The molecular weight excluding hydrogens is 270 g/mol. The van der Waals surface area contributed by atoms with E-state index in [0.717, 1.165) is 5.56 Å². The lowest BCUT2D eigenvalue weighted by Gasteiger charge is -2.18. The summed E-state index contributed by atoms with van der Waals surface area (Å²) in [5.74, 6) is 0. The predicted octanol–water partition coefficient (Wildman–Crippen LogP) is 3.95. The Morgan fingerprint density at radius 2 is 1.81 bits per heavy atom. The normalized spacial score (nSPS) is 12.6. The quantitative estimate of drug-likeness (QED) is 0.469. The first kappa shape index (κ1) is 12.9. The van der Waals surface area contributed by atoms with E-state index in [9.17, 15) is 10.1 Å². The van der Waals surface area contributed by atoms with E-state index in [1.54, 1.807) is 0 Å². The molecule has 0 unspecified atom stereocenters. The van der Waals surface area contributed by atoms with Crippen molar-refractivity contribution in [3.8, 4) is 0 Å².